The number of para-hydroxylation sites is 1. The van der Waals surface area contributed by atoms with Crippen molar-refractivity contribution in [3.8, 4) is 5.75 Å². The van der Waals surface area contributed by atoms with Gasteiger partial charge in [-0.1, -0.05) is 55.2 Å². The number of nitrogens with zero attached hydrogens (tertiary/aromatic N) is 1. The minimum Gasteiger partial charge on any atom is -0.493 e. The molecule has 6 heteroatoms. The van der Waals surface area contributed by atoms with Crippen LogP contribution in [0.2, 0.25) is 0 Å². The van der Waals surface area contributed by atoms with Gasteiger partial charge in [-0.25, -0.2) is 4.39 Å². The molecule has 0 atom stereocenters. The Morgan fingerprint density at radius 1 is 1.24 bits per heavy atom. The zero-order valence-corrected chi connectivity index (χ0v) is 15.2. The Labute approximate surface area is 155 Å². The fraction of sp³-hybridized carbons (Fsp3) is 0.158. The van der Waals surface area contributed by atoms with Crippen LogP contribution in [0.1, 0.15) is 18.9 Å². The fourth-order valence-corrected chi connectivity index (χ4v) is 3.68. The first-order valence-corrected chi connectivity index (χ1v) is 9.08. The van der Waals surface area contributed by atoms with Crippen molar-refractivity contribution in [3.63, 3.8) is 0 Å². The average molecular weight is 373 g/mol. The molecule has 1 aliphatic heterocycles. The number of amides is 1. The van der Waals surface area contributed by atoms with Crippen LogP contribution in [-0.2, 0) is 4.79 Å². The van der Waals surface area contributed by atoms with Gasteiger partial charge in [0.2, 0.25) is 0 Å². The highest BCUT2D eigenvalue weighted by Crippen LogP contribution is 2.37. The lowest BCUT2D eigenvalue weighted by atomic mass is 10.2. The van der Waals surface area contributed by atoms with Crippen LogP contribution in [0.15, 0.2) is 53.4 Å². The fourth-order valence-electron chi connectivity index (χ4n) is 2.39. The topological polar surface area (TPSA) is 29.5 Å². The molecule has 25 heavy (non-hydrogen) atoms. The molecule has 1 amide bonds. The van der Waals surface area contributed by atoms with E-state index in [-0.39, 0.29) is 5.91 Å². The number of rotatable bonds is 5. The molecule has 0 saturated carbocycles. The highest BCUT2D eigenvalue weighted by Gasteiger charge is 2.33. The van der Waals surface area contributed by atoms with Gasteiger partial charge in [0.25, 0.3) is 5.91 Å². The SMILES string of the molecule is CCCOc1ccccc1/C=C1\SC(=S)N(c2cccc(F)c2)C1=O. The van der Waals surface area contributed by atoms with Gasteiger partial charge in [0, 0.05) is 5.56 Å². The summed E-state index contributed by atoms with van der Waals surface area (Å²) in [6.07, 6.45) is 2.67. The summed E-state index contributed by atoms with van der Waals surface area (Å²) >= 11 is 6.51. The van der Waals surface area contributed by atoms with Crippen LogP contribution in [0.3, 0.4) is 0 Å². The Morgan fingerprint density at radius 3 is 2.80 bits per heavy atom. The van der Waals surface area contributed by atoms with E-state index in [9.17, 15) is 9.18 Å². The van der Waals surface area contributed by atoms with E-state index in [0.717, 1.165) is 17.7 Å². The summed E-state index contributed by atoms with van der Waals surface area (Å²) in [6, 6.07) is 13.4. The summed E-state index contributed by atoms with van der Waals surface area (Å²) in [5.74, 6) is 0.0557. The second-order valence-electron chi connectivity index (χ2n) is 5.38. The molecule has 0 aromatic heterocycles. The Bertz CT molecular complexity index is 851. The molecule has 0 aliphatic carbocycles. The van der Waals surface area contributed by atoms with Gasteiger partial charge in [0.05, 0.1) is 17.2 Å². The summed E-state index contributed by atoms with van der Waals surface area (Å²) in [4.78, 5) is 14.6. The van der Waals surface area contributed by atoms with E-state index in [1.165, 1.54) is 28.8 Å². The van der Waals surface area contributed by atoms with Crippen molar-refractivity contribution in [3.05, 3.63) is 64.8 Å². The number of hydrogen-bond acceptors (Lipinski definition) is 4. The van der Waals surface area contributed by atoms with Crippen LogP contribution in [0.5, 0.6) is 5.75 Å². The minimum atomic E-state index is -0.408. The third-order valence-electron chi connectivity index (χ3n) is 3.53. The number of benzene rings is 2. The van der Waals surface area contributed by atoms with Crippen LogP contribution in [-0.4, -0.2) is 16.8 Å². The lowest BCUT2D eigenvalue weighted by Gasteiger charge is -2.14. The highest BCUT2D eigenvalue weighted by atomic mass is 32.2. The summed E-state index contributed by atoms with van der Waals surface area (Å²) in [7, 11) is 0. The Kier molecular flexibility index (Phi) is 5.50. The lowest BCUT2D eigenvalue weighted by molar-refractivity contribution is -0.113. The molecule has 1 heterocycles. The maximum atomic E-state index is 13.5. The number of carbonyl (C=O) groups excluding carboxylic acids is 1. The molecule has 2 aromatic rings. The molecule has 0 N–H and O–H groups in total. The summed E-state index contributed by atoms with van der Waals surface area (Å²) in [5, 5.41) is 0. The Balaban J connectivity index is 1.91. The van der Waals surface area contributed by atoms with Crippen molar-refractivity contribution in [2.24, 2.45) is 0 Å². The van der Waals surface area contributed by atoms with Crippen LogP contribution in [0.25, 0.3) is 6.08 Å². The zero-order chi connectivity index (χ0) is 17.8. The average Bonchev–Trinajstić information content (AvgIpc) is 2.88. The molecule has 0 unspecified atom stereocenters. The van der Waals surface area contributed by atoms with Gasteiger partial charge >= 0.3 is 0 Å². The number of thiocarbonyl (C=S) groups is 1. The van der Waals surface area contributed by atoms with E-state index in [0.29, 0.717) is 21.5 Å². The number of anilines is 1. The number of ether oxygens (including phenoxy) is 1. The van der Waals surface area contributed by atoms with Crippen LogP contribution in [0.4, 0.5) is 10.1 Å². The van der Waals surface area contributed by atoms with E-state index in [1.54, 1.807) is 18.2 Å². The third kappa shape index (κ3) is 3.91. The summed E-state index contributed by atoms with van der Waals surface area (Å²) < 4.78 is 19.6. The second-order valence-corrected chi connectivity index (χ2v) is 7.06. The first-order valence-electron chi connectivity index (χ1n) is 7.85. The van der Waals surface area contributed by atoms with Gasteiger partial charge in [-0.15, -0.1) is 0 Å². The van der Waals surface area contributed by atoms with E-state index in [1.807, 2.05) is 31.2 Å². The second kappa shape index (κ2) is 7.80. The van der Waals surface area contributed by atoms with Crippen LogP contribution >= 0.6 is 24.0 Å². The summed E-state index contributed by atoms with van der Waals surface area (Å²) in [6.45, 7) is 2.64. The molecule has 3 rings (SSSR count). The largest absolute Gasteiger partial charge is 0.493 e. The van der Waals surface area contributed by atoms with Crippen LogP contribution < -0.4 is 9.64 Å². The normalized spacial score (nSPS) is 15.9. The monoisotopic (exact) mass is 373 g/mol. The molecule has 0 bridgehead atoms. The molecular weight excluding hydrogens is 357 g/mol. The van der Waals surface area contributed by atoms with Gasteiger partial charge in [-0.2, -0.15) is 0 Å². The van der Waals surface area contributed by atoms with Gasteiger partial charge in [-0.05, 0) is 36.8 Å². The highest BCUT2D eigenvalue weighted by molar-refractivity contribution is 8.27. The predicted molar refractivity (Wildman–Crippen MR) is 104 cm³/mol. The van der Waals surface area contributed by atoms with Gasteiger partial charge < -0.3 is 4.74 Å². The number of hydrogen-bond donors (Lipinski definition) is 0. The third-order valence-corrected chi connectivity index (χ3v) is 4.83. The van der Waals surface area contributed by atoms with Gasteiger partial charge in [0.1, 0.15) is 11.6 Å². The molecule has 0 radical (unpaired) electrons. The Morgan fingerprint density at radius 2 is 2.04 bits per heavy atom. The van der Waals surface area contributed by atoms with E-state index < -0.39 is 5.82 Å². The van der Waals surface area contributed by atoms with Gasteiger partial charge in [-0.3, -0.25) is 9.69 Å². The maximum absolute atomic E-state index is 13.5. The molecule has 2 aromatic carbocycles. The minimum absolute atomic E-state index is 0.258. The quantitative estimate of drug-likeness (QED) is 0.544. The van der Waals surface area contributed by atoms with E-state index in [4.69, 9.17) is 17.0 Å². The number of carbonyl (C=O) groups is 1. The van der Waals surface area contributed by atoms with Gasteiger partial charge in [0.15, 0.2) is 4.32 Å². The van der Waals surface area contributed by atoms with Crippen molar-refractivity contribution in [1.29, 1.82) is 0 Å². The van der Waals surface area contributed by atoms with Crippen molar-refractivity contribution in [2.75, 3.05) is 11.5 Å². The predicted octanol–water partition coefficient (Wildman–Crippen LogP) is 5.02. The number of thioether (sulfide) groups is 1. The van der Waals surface area contributed by atoms with Crippen molar-refractivity contribution in [2.45, 2.75) is 13.3 Å². The van der Waals surface area contributed by atoms with E-state index in [2.05, 4.69) is 0 Å². The zero-order valence-electron chi connectivity index (χ0n) is 13.6. The van der Waals surface area contributed by atoms with Crippen molar-refractivity contribution < 1.29 is 13.9 Å². The standard InChI is InChI=1S/C19H16FNO2S2/c1-2-10-23-16-9-4-3-6-13(16)11-17-18(22)21(19(24)25-17)15-8-5-7-14(20)12-15/h3-9,11-12H,2,10H2,1H3/b17-11-. The smallest absolute Gasteiger partial charge is 0.270 e. The molecule has 0 spiro atoms. The van der Waals surface area contributed by atoms with E-state index >= 15 is 0 Å². The van der Waals surface area contributed by atoms with Crippen LogP contribution in [0, 0.1) is 5.82 Å². The summed E-state index contributed by atoms with van der Waals surface area (Å²) in [5.41, 5.74) is 1.25. The molecule has 1 fully saturated rings. The first kappa shape index (κ1) is 17.6. The Hall–Kier alpha value is -2.18. The molecular formula is C19H16FNO2S2. The molecule has 1 aliphatic rings. The molecule has 1 saturated heterocycles. The molecule has 3 nitrogen and oxygen atoms in total. The number of halogens is 1. The van der Waals surface area contributed by atoms with Crippen molar-refractivity contribution in [1.82, 2.24) is 0 Å². The lowest BCUT2D eigenvalue weighted by Crippen LogP contribution is -2.27. The van der Waals surface area contributed by atoms with Crippen molar-refractivity contribution >= 4 is 46.0 Å². The molecule has 128 valence electrons. The maximum Gasteiger partial charge on any atom is 0.270 e. The first-order chi connectivity index (χ1) is 12.1.